The van der Waals surface area contributed by atoms with Crippen LogP contribution in [-0.2, 0) is 19.6 Å². The summed E-state index contributed by atoms with van der Waals surface area (Å²) in [4.78, 5) is 22.9. The van der Waals surface area contributed by atoms with Crippen LogP contribution in [0.5, 0.6) is 0 Å². The van der Waals surface area contributed by atoms with Gasteiger partial charge in [0, 0.05) is 26.2 Å². The van der Waals surface area contributed by atoms with Crippen LogP contribution in [-0.4, -0.2) is 68.3 Å². The number of likely N-dealkylation sites (N-methyl/N-ethyl adjacent to an activating group) is 1. The molecule has 1 heterocycles. The first kappa shape index (κ1) is 18.2. The fraction of sp³-hybridized carbons (Fsp3) is 0.462. The molecule has 24 heavy (non-hydrogen) atoms. The molecule has 1 aromatic carbocycles. The molecule has 1 amide bonds. The lowest BCUT2D eigenvalue weighted by Crippen LogP contribution is -2.46. The summed E-state index contributed by atoms with van der Waals surface area (Å²) in [6, 6.07) is 2.27. The summed E-state index contributed by atoms with van der Waals surface area (Å²) in [5.41, 5.74) is -0.941. The Morgan fingerprint density at radius 3 is 2.62 bits per heavy atom. The molecule has 1 aliphatic rings. The molecule has 1 aliphatic heterocycles. The summed E-state index contributed by atoms with van der Waals surface area (Å²) in [5.74, 6) is -1.54. The highest BCUT2D eigenvalue weighted by Crippen LogP contribution is 2.23. The first-order valence-corrected chi connectivity index (χ1v) is 8.43. The normalized spacial score (nSPS) is 15.5. The molecule has 1 aromatic rings. The minimum absolute atomic E-state index is 0.370. The number of nitrogens with zero attached hydrogens (tertiary/aromatic N) is 3. The third kappa shape index (κ3) is 3.86. The molecule has 1 fully saturated rings. The minimum Gasteiger partial charge on any atom is -0.378 e. The summed E-state index contributed by atoms with van der Waals surface area (Å²) in [7, 11) is -2.98. The Morgan fingerprint density at radius 1 is 1.42 bits per heavy atom. The molecule has 0 saturated carbocycles. The number of carbonyl (C=O) groups excluding carboxylic acids is 1. The number of ether oxygens (including phenoxy) is 1. The molecule has 0 radical (unpaired) electrons. The number of amides is 1. The third-order valence-corrected chi connectivity index (χ3v) is 5.34. The van der Waals surface area contributed by atoms with Gasteiger partial charge in [0.15, 0.2) is 0 Å². The van der Waals surface area contributed by atoms with Crippen LogP contribution >= 0.6 is 0 Å². The van der Waals surface area contributed by atoms with Gasteiger partial charge in [0.1, 0.15) is 0 Å². The van der Waals surface area contributed by atoms with E-state index in [0.717, 1.165) is 10.4 Å². The zero-order valence-electron chi connectivity index (χ0n) is 12.8. The molecule has 0 atom stereocenters. The molecule has 0 aromatic heterocycles. The van der Waals surface area contributed by atoms with E-state index in [4.69, 9.17) is 4.74 Å². The van der Waals surface area contributed by atoms with Crippen molar-refractivity contribution in [3.05, 3.63) is 34.1 Å². The van der Waals surface area contributed by atoms with Gasteiger partial charge in [0.05, 0.1) is 29.6 Å². The van der Waals surface area contributed by atoms with E-state index in [9.17, 15) is 27.7 Å². The smallest absolute Gasteiger partial charge is 0.306 e. The highest BCUT2D eigenvalue weighted by Gasteiger charge is 2.28. The predicted molar refractivity (Wildman–Crippen MR) is 80.3 cm³/mol. The van der Waals surface area contributed by atoms with Crippen molar-refractivity contribution in [3.8, 4) is 0 Å². The van der Waals surface area contributed by atoms with Crippen molar-refractivity contribution in [1.29, 1.82) is 0 Å². The van der Waals surface area contributed by atoms with Crippen LogP contribution in [0.3, 0.4) is 0 Å². The van der Waals surface area contributed by atoms with E-state index in [1.54, 1.807) is 0 Å². The molecule has 11 heteroatoms. The van der Waals surface area contributed by atoms with Crippen molar-refractivity contribution < 1.29 is 27.3 Å². The van der Waals surface area contributed by atoms with E-state index in [2.05, 4.69) is 0 Å². The lowest BCUT2D eigenvalue weighted by molar-refractivity contribution is -0.387. The second-order valence-corrected chi connectivity index (χ2v) is 7.17. The number of hydrogen-bond donors (Lipinski definition) is 0. The van der Waals surface area contributed by atoms with Crippen molar-refractivity contribution >= 4 is 21.6 Å². The Bertz CT molecular complexity index is 748. The Balaban J connectivity index is 2.18. The Hall–Kier alpha value is -2.11. The summed E-state index contributed by atoms with van der Waals surface area (Å²) >= 11 is 0. The van der Waals surface area contributed by atoms with Gasteiger partial charge in [-0.3, -0.25) is 14.9 Å². The average molecular weight is 361 g/mol. The molecule has 1 saturated heterocycles. The monoisotopic (exact) mass is 361 g/mol. The van der Waals surface area contributed by atoms with Crippen LogP contribution in [0.2, 0.25) is 0 Å². The van der Waals surface area contributed by atoms with Gasteiger partial charge in [-0.15, -0.1) is 0 Å². The van der Waals surface area contributed by atoms with Crippen LogP contribution in [0.25, 0.3) is 0 Å². The number of nitro groups is 1. The van der Waals surface area contributed by atoms with E-state index in [1.807, 2.05) is 0 Å². The molecule has 0 N–H and O–H groups in total. The van der Waals surface area contributed by atoms with Crippen molar-refractivity contribution in [3.63, 3.8) is 0 Å². The summed E-state index contributed by atoms with van der Waals surface area (Å²) in [5, 5.41) is 10.7. The number of benzene rings is 1. The van der Waals surface area contributed by atoms with Gasteiger partial charge in [0.25, 0.3) is 0 Å². The molecule has 0 aliphatic carbocycles. The number of carbonyl (C=O) groups is 1. The largest absolute Gasteiger partial charge is 0.378 e. The number of halogens is 1. The number of rotatable bonds is 5. The molecule has 132 valence electrons. The van der Waals surface area contributed by atoms with E-state index in [0.29, 0.717) is 38.4 Å². The van der Waals surface area contributed by atoms with E-state index < -0.39 is 43.8 Å². The maximum atomic E-state index is 13.3. The molecule has 0 spiro atoms. The topological polar surface area (TPSA) is 110 Å². The van der Waals surface area contributed by atoms with Gasteiger partial charge in [-0.05, 0) is 12.1 Å². The number of hydrogen-bond acceptors (Lipinski definition) is 6. The van der Waals surface area contributed by atoms with Gasteiger partial charge in [0.2, 0.25) is 21.7 Å². The van der Waals surface area contributed by atoms with Crippen LogP contribution < -0.4 is 0 Å². The first-order chi connectivity index (χ1) is 11.2. The van der Waals surface area contributed by atoms with Crippen LogP contribution in [0.1, 0.15) is 0 Å². The molecular weight excluding hydrogens is 345 g/mol. The molecule has 9 nitrogen and oxygen atoms in total. The Morgan fingerprint density at radius 2 is 2.04 bits per heavy atom. The SMILES string of the molecule is CN(CC(=O)N1CCOCC1)S(=O)(=O)c1ccc(F)c([N+](=O)[O-])c1. The third-order valence-electron chi connectivity index (χ3n) is 3.54. The maximum absolute atomic E-state index is 13.3. The Labute approximate surface area is 137 Å². The first-order valence-electron chi connectivity index (χ1n) is 6.99. The number of morpholine rings is 1. The molecule has 2 rings (SSSR count). The Kier molecular flexibility index (Phi) is 5.47. The summed E-state index contributed by atoms with van der Waals surface area (Å²) in [6.45, 7) is 1.08. The lowest BCUT2D eigenvalue weighted by atomic mass is 10.3. The van der Waals surface area contributed by atoms with Crippen molar-refractivity contribution in [2.24, 2.45) is 0 Å². The van der Waals surface area contributed by atoms with Crippen molar-refractivity contribution in [2.45, 2.75) is 4.90 Å². The zero-order valence-corrected chi connectivity index (χ0v) is 13.7. The minimum atomic E-state index is -4.16. The standard InChI is InChI=1S/C13H16FN3O6S/c1-15(9-13(18)16-4-6-23-7-5-16)24(21,22)10-2-3-11(14)12(8-10)17(19)20/h2-3,8H,4-7,9H2,1H3. The second-order valence-electron chi connectivity index (χ2n) is 5.12. The van der Waals surface area contributed by atoms with Crippen molar-refractivity contribution in [2.75, 3.05) is 39.9 Å². The quantitative estimate of drug-likeness (QED) is 0.548. The number of sulfonamides is 1. The lowest BCUT2D eigenvalue weighted by Gasteiger charge is -2.28. The molecule has 0 unspecified atom stereocenters. The molecule has 0 bridgehead atoms. The van der Waals surface area contributed by atoms with Gasteiger partial charge in [-0.25, -0.2) is 8.42 Å². The van der Waals surface area contributed by atoms with Gasteiger partial charge in [-0.1, -0.05) is 0 Å². The predicted octanol–water partition coefficient (Wildman–Crippen LogP) is 0.213. The van der Waals surface area contributed by atoms with Crippen LogP contribution in [0, 0.1) is 15.9 Å². The van der Waals surface area contributed by atoms with E-state index >= 15 is 0 Å². The fourth-order valence-corrected chi connectivity index (χ4v) is 3.30. The zero-order chi connectivity index (χ0) is 17.9. The fourth-order valence-electron chi connectivity index (χ4n) is 2.16. The van der Waals surface area contributed by atoms with Gasteiger partial charge < -0.3 is 9.64 Å². The average Bonchev–Trinajstić information content (AvgIpc) is 2.55. The highest BCUT2D eigenvalue weighted by atomic mass is 32.2. The van der Waals surface area contributed by atoms with Crippen molar-refractivity contribution in [1.82, 2.24) is 9.21 Å². The van der Waals surface area contributed by atoms with Crippen LogP contribution in [0.15, 0.2) is 23.1 Å². The van der Waals surface area contributed by atoms with E-state index in [-0.39, 0.29) is 0 Å². The maximum Gasteiger partial charge on any atom is 0.306 e. The van der Waals surface area contributed by atoms with Gasteiger partial charge >= 0.3 is 5.69 Å². The van der Waals surface area contributed by atoms with Crippen LogP contribution in [0.4, 0.5) is 10.1 Å². The summed E-state index contributed by atoms with van der Waals surface area (Å²) < 4.78 is 44.1. The van der Waals surface area contributed by atoms with E-state index in [1.165, 1.54) is 11.9 Å². The number of nitro benzene ring substituents is 1. The molecular formula is C13H16FN3O6S. The van der Waals surface area contributed by atoms with Gasteiger partial charge in [-0.2, -0.15) is 8.70 Å². The second kappa shape index (κ2) is 7.20. The highest BCUT2D eigenvalue weighted by molar-refractivity contribution is 7.89. The summed E-state index contributed by atoms with van der Waals surface area (Å²) in [6.07, 6.45) is 0.